The Morgan fingerprint density at radius 1 is 1.15 bits per heavy atom. The average molecular weight is 183 g/mol. The quantitative estimate of drug-likeness (QED) is 0.638. The van der Waals surface area contributed by atoms with Crippen LogP contribution in [0.15, 0.2) is 0 Å². The van der Waals surface area contributed by atoms with Gasteiger partial charge in [-0.25, -0.2) is 0 Å². The summed E-state index contributed by atoms with van der Waals surface area (Å²) in [5.41, 5.74) is 0. The van der Waals surface area contributed by atoms with Crippen molar-refractivity contribution in [3.05, 3.63) is 0 Å². The normalized spacial score (nSPS) is 17.8. The minimum Gasteiger partial charge on any atom is -0.314 e. The SMILES string of the molecule is CCCC(CCC)NCC1CCC1. The summed E-state index contributed by atoms with van der Waals surface area (Å²) in [4.78, 5) is 0. The lowest BCUT2D eigenvalue weighted by Crippen LogP contribution is -2.35. The van der Waals surface area contributed by atoms with Gasteiger partial charge in [0.05, 0.1) is 0 Å². The molecule has 0 amide bonds. The van der Waals surface area contributed by atoms with Crippen LogP contribution in [-0.2, 0) is 0 Å². The van der Waals surface area contributed by atoms with Crippen LogP contribution in [0.25, 0.3) is 0 Å². The predicted molar refractivity (Wildman–Crippen MR) is 58.9 cm³/mol. The van der Waals surface area contributed by atoms with E-state index in [0.717, 1.165) is 12.0 Å². The Balaban J connectivity index is 2.05. The van der Waals surface area contributed by atoms with Gasteiger partial charge in [0, 0.05) is 6.04 Å². The van der Waals surface area contributed by atoms with E-state index < -0.39 is 0 Å². The average Bonchev–Trinajstić information content (AvgIpc) is 2.02. The van der Waals surface area contributed by atoms with Gasteiger partial charge in [-0.05, 0) is 38.1 Å². The van der Waals surface area contributed by atoms with Gasteiger partial charge in [-0.15, -0.1) is 0 Å². The first-order chi connectivity index (χ1) is 6.36. The highest BCUT2D eigenvalue weighted by Crippen LogP contribution is 2.25. The van der Waals surface area contributed by atoms with Crippen LogP contribution >= 0.6 is 0 Å². The summed E-state index contributed by atoms with van der Waals surface area (Å²) in [6, 6.07) is 0.801. The molecule has 1 rings (SSSR count). The van der Waals surface area contributed by atoms with Crippen LogP contribution in [0.4, 0.5) is 0 Å². The second kappa shape index (κ2) is 6.42. The number of hydrogen-bond donors (Lipinski definition) is 1. The predicted octanol–water partition coefficient (Wildman–Crippen LogP) is 3.34. The molecule has 1 nitrogen and oxygen atoms in total. The summed E-state index contributed by atoms with van der Waals surface area (Å²) in [6.45, 7) is 5.85. The Kier molecular flexibility index (Phi) is 5.45. The summed E-state index contributed by atoms with van der Waals surface area (Å²) in [5.74, 6) is 1.01. The molecule has 1 N–H and O–H groups in total. The van der Waals surface area contributed by atoms with Crippen molar-refractivity contribution in [1.82, 2.24) is 5.32 Å². The third-order valence-electron chi connectivity index (χ3n) is 3.19. The van der Waals surface area contributed by atoms with Crippen LogP contribution in [0, 0.1) is 5.92 Å². The lowest BCUT2D eigenvalue weighted by atomic mass is 9.85. The van der Waals surface area contributed by atoms with E-state index in [-0.39, 0.29) is 0 Å². The maximum Gasteiger partial charge on any atom is 0.00669 e. The Morgan fingerprint density at radius 3 is 2.15 bits per heavy atom. The zero-order valence-electron chi connectivity index (χ0n) is 9.31. The van der Waals surface area contributed by atoms with Crippen LogP contribution in [0.5, 0.6) is 0 Å². The lowest BCUT2D eigenvalue weighted by molar-refractivity contribution is 0.281. The van der Waals surface area contributed by atoms with Crippen LogP contribution in [0.1, 0.15) is 58.8 Å². The molecule has 1 fully saturated rings. The molecule has 0 spiro atoms. The van der Waals surface area contributed by atoms with Crippen molar-refractivity contribution in [2.75, 3.05) is 6.54 Å². The first kappa shape index (κ1) is 11.0. The largest absolute Gasteiger partial charge is 0.314 e. The minimum absolute atomic E-state index is 0.801. The van der Waals surface area contributed by atoms with Crippen molar-refractivity contribution in [1.29, 1.82) is 0 Å². The molecule has 1 saturated carbocycles. The Morgan fingerprint density at radius 2 is 1.77 bits per heavy atom. The molecular formula is C12H25N. The highest BCUT2D eigenvalue weighted by molar-refractivity contribution is 4.74. The van der Waals surface area contributed by atoms with E-state index in [9.17, 15) is 0 Å². The van der Waals surface area contributed by atoms with Crippen LogP contribution < -0.4 is 5.32 Å². The number of hydrogen-bond acceptors (Lipinski definition) is 1. The van der Waals surface area contributed by atoms with Gasteiger partial charge in [0.25, 0.3) is 0 Å². The number of nitrogens with one attached hydrogen (secondary N) is 1. The Labute approximate surface area is 83.3 Å². The fourth-order valence-electron chi connectivity index (χ4n) is 2.08. The Bertz CT molecular complexity index is 112. The molecule has 0 aromatic heterocycles. The molecule has 0 aromatic carbocycles. The summed E-state index contributed by atoms with van der Waals surface area (Å²) in [7, 11) is 0. The standard InChI is InChI=1S/C12H25N/c1-3-6-12(7-4-2)13-10-11-8-5-9-11/h11-13H,3-10H2,1-2H3. The molecule has 0 bridgehead atoms. The molecule has 13 heavy (non-hydrogen) atoms. The Hall–Kier alpha value is -0.0400. The fourth-order valence-corrected chi connectivity index (χ4v) is 2.08. The third-order valence-corrected chi connectivity index (χ3v) is 3.19. The smallest absolute Gasteiger partial charge is 0.00669 e. The molecule has 0 atom stereocenters. The molecule has 0 aromatic rings. The molecule has 1 heteroatoms. The zero-order valence-corrected chi connectivity index (χ0v) is 9.31. The highest BCUT2D eigenvalue weighted by atomic mass is 14.9. The van der Waals surface area contributed by atoms with E-state index in [1.807, 2.05) is 0 Å². The number of rotatable bonds is 7. The lowest BCUT2D eigenvalue weighted by Gasteiger charge is -2.28. The minimum atomic E-state index is 0.801. The molecule has 0 heterocycles. The van der Waals surface area contributed by atoms with E-state index in [2.05, 4.69) is 19.2 Å². The van der Waals surface area contributed by atoms with Gasteiger partial charge in [0.15, 0.2) is 0 Å². The van der Waals surface area contributed by atoms with Crippen molar-refractivity contribution in [3.8, 4) is 0 Å². The van der Waals surface area contributed by atoms with E-state index in [1.165, 1.54) is 51.5 Å². The molecule has 1 aliphatic rings. The maximum absolute atomic E-state index is 3.72. The first-order valence-electron chi connectivity index (χ1n) is 6.10. The van der Waals surface area contributed by atoms with Crippen molar-refractivity contribution < 1.29 is 0 Å². The van der Waals surface area contributed by atoms with Gasteiger partial charge in [0.1, 0.15) is 0 Å². The van der Waals surface area contributed by atoms with Gasteiger partial charge in [-0.3, -0.25) is 0 Å². The van der Waals surface area contributed by atoms with Crippen LogP contribution in [-0.4, -0.2) is 12.6 Å². The third kappa shape index (κ3) is 4.12. The molecule has 1 aliphatic carbocycles. The summed E-state index contributed by atoms with van der Waals surface area (Å²) in [5, 5.41) is 3.72. The van der Waals surface area contributed by atoms with Crippen molar-refractivity contribution in [2.45, 2.75) is 64.8 Å². The van der Waals surface area contributed by atoms with E-state index in [0.29, 0.717) is 0 Å². The van der Waals surface area contributed by atoms with E-state index in [4.69, 9.17) is 0 Å². The topological polar surface area (TPSA) is 12.0 Å². The summed E-state index contributed by atoms with van der Waals surface area (Å²) >= 11 is 0. The summed E-state index contributed by atoms with van der Waals surface area (Å²) in [6.07, 6.45) is 9.78. The van der Waals surface area contributed by atoms with Crippen molar-refractivity contribution >= 4 is 0 Å². The van der Waals surface area contributed by atoms with E-state index in [1.54, 1.807) is 0 Å². The molecule has 0 aliphatic heterocycles. The molecule has 78 valence electrons. The van der Waals surface area contributed by atoms with Crippen molar-refractivity contribution in [3.63, 3.8) is 0 Å². The second-order valence-electron chi connectivity index (χ2n) is 4.48. The second-order valence-corrected chi connectivity index (χ2v) is 4.48. The molecule has 0 radical (unpaired) electrons. The van der Waals surface area contributed by atoms with Gasteiger partial charge >= 0.3 is 0 Å². The van der Waals surface area contributed by atoms with Crippen LogP contribution in [0.3, 0.4) is 0 Å². The van der Waals surface area contributed by atoms with Gasteiger partial charge in [0.2, 0.25) is 0 Å². The van der Waals surface area contributed by atoms with E-state index >= 15 is 0 Å². The zero-order chi connectivity index (χ0) is 9.52. The first-order valence-corrected chi connectivity index (χ1v) is 6.10. The molecular weight excluding hydrogens is 158 g/mol. The van der Waals surface area contributed by atoms with Gasteiger partial charge < -0.3 is 5.32 Å². The summed E-state index contributed by atoms with van der Waals surface area (Å²) < 4.78 is 0. The van der Waals surface area contributed by atoms with Crippen LogP contribution in [0.2, 0.25) is 0 Å². The fraction of sp³-hybridized carbons (Fsp3) is 1.00. The van der Waals surface area contributed by atoms with Crippen molar-refractivity contribution in [2.24, 2.45) is 5.92 Å². The maximum atomic E-state index is 3.72. The highest BCUT2D eigenvalue weighted by Gasteiger charge is 2.18. The molecule has 0 saturated heterocycles. The van der Waals surface area contributed by atoms with Gasteiger partial charge in [-0.2, -0.15) is 0 Å². The monoisotopic (exact) mass is 183 g/mol. The van der Waals surface area contributed by atoms with Gasteiger partial charge in [-0.1, -0.05) is 33.1 Å². The molecule has 0 unspecified atom stereocenters.